The fourth-order valence-corrected chi connectivity index (χ4v) is 5.71. The van der Waals surface area contributed by atoms with Crippen LogP contribution in [0, 0.1) is 0 Å². The number of carbonyl (C=O) groups is 1. The van der Waals surface area contributed by atoms with Gasteiger partial charge in [0.1, 0.15) is 6.61 Å². The van der Waals surface area contributed by atoms with Gasteiger partial charge >= 0.3 is 5.97 Å². The van der Waals surface area contributed by atoms with Crippen molar-refractivity contribution in [2.24, 2.45) is 0 Å². The van der Waals surface area contributed by atoms with Crippen LogP contribution in [0.4, 0.5) is 0 Å². The minimum Gasteiger partial charge on any atom is -0.463 e. The van der Waals surface area contributed by atoms with E-state index in [0.29, 0.717) is 13.0 Å². The van der Waals surface area contributed by atoms with Gasteiger partial charge < -0.3 is 9.16 Å². The summed E-state index contributed by atoms with van der Waals surface area (Å²) in [6.45, 7) is 13.9. The lowest BCUT2D eigenvalue weighted by atomic mass is 10.0. The summed E-state index contributed by atoms with van der Waals surface area (Å²) in [6.07, 6.45) is 20.7. The van der Waals surface area contributed by atoms with Gasteiger partial charge in [0, 0.05) is 10.8 Å². The number of hydrogen-bond acceptors (Lipinski definition) is 3. The number of hydrogen-bond donors (Lipinski definition) is 0. The summed E-state index contributed by atoms with van der Waals surface area (Å²) in [5.74, 6) is -0.0617. The first-order valence-corrected chi connectivity index (χ1v) is 18.0. The zero-order chi connectivity index (χ0) is 24.3. The molecule has 0 amide bonds. The second kappa shape index (κ2) is 19.7. The minimum atomic E-state index is -1.82. The Hall–Kier alpha value is 0.377. The van der Waals surface area contributed by atoms with Gasteiger partial charge in [-0.05, 0) is 24.6 Å². The molecule has 0 aliphatic heterocycles. The van der Waals surface area contributed by atoms with E-state index in [2.05, 4.69) is 63.4 Å². The monoisotopic (exact) mass is 582 g/mol. The normalized spacial score (nSPS) is 13.3. The molecule has 3 nitrogen and oxygen atoms in total. The summed E-state index contributed by atoms with van der Waals surface area (Å²) in [4.78, 5) is 12.1. The molecule has 0 radical (unpaired) electrons. The Kier molecular flexibility index (Phi) is 19.9. The van der Waals surface area contributed by atoms with Crippen molar-refractivity contribution in [1.29, 1.82) is 0 Å². The van der Waals surface area contributed by atoms with Crippen LogP contribution in [0.2, 0.25) is 18.1 Å². The molecule has 0 aliphatic carbocycles. The smallest absolute Gasteiger partial charge is 0.305 e. The molecule has 0 spiro atoms. The van der Waals surface area contributed by atoms with E-state index in [4.69, 9.17) is 9.16 Å². The van der Waals surface area contributed by atoms with Crippen molar-refractivity contribution in [3.05, 3.63) is 0 Å². The van der Waals surface area contributed by atoms with Crippen LogP contribution in [0.25, 0.3) is 0 Å². The van der Waals surface area contributed by atoms with E-state index in [9.17, 15) is 4.79 Å². The average molecular weight is 583 g/mol. The molecular formula is C27H55IO3Si. The first kappa shape index (κ1) is 32.4. The number of ether oxygens (including phenoxy) is 1. The van der Waals surface area contributed by atoms with Crippen molar-refractivity contribution in [3.63, 3.8) is 0 Å². The highest BCUT2D eigenvalue weighted by atomic mass is 127. The van der Waals surface area contributed by atoms with E-state index in [-0.39, 0.29) is 17.1 Å². The largest absolute Gasteiger partial charge is 0.463 e. The van der Waals surface area contributed by atoms with Gasteiger partial charge in [0.2, 0.25) is 0 Å². The standard InChI is InChI=1S/C27H55IO3Si/c1-7-8-9-10-11-12-13-14-15-16-17-18-19-20-21-22-26(29)30-24-25(23-28)31-32(5,6)27(2,3)4/h25H,7-24H2,1-6H3/t25-/m0/s1. The highest BCUT2D eigenvalue weighted by Crippen LogP contribution is 2.37. The summed E-state index contributed by atoms with van der Waals surface area (Å²) in [5.41, 5.74) is 0. The maximum atomic E-state index is 12.1. The van der Waals surface area contributed by atoms with Crippen molar-refractivity contribution >= 4 is 36.9 Å². The predicted molar refractivity (Wildman–Crippen MR) is 151 cm³/mol. The molecule has 1 atom stereocenters. The van der Waals surface area contributed by atoms with E-state index in [1.165, 1.54) is 83.5 Å². The van der Waals surface area contributed by atoms with Gasteiger partial charge in [-0.15, -0.1) is 0 Å². The highest BCUT2D eigenvalue weighted by Gasteiger charge is 2.39. The molecule has 0 bridgehead atoms. The number of unbranched alkanes of at least 4 members (excludes halogenated alkanes) is 14. The summed E-state index contributed by atoms with van der Waals surface area (Å²) in [7, 11) is -1.82. The molecule has 32 heavy (non-hydrogen) atoms. The van der Waals surface area contributed by atoms with Crippen molar-refractivity contribution in [3.8, 4) is 0 Å². The first-order chi connectivity index (χ1) is 15.1. The van der Waals surface area contributed by atoms with E-state index in [1.54, 1.807) is 0 Å². The molecule has 0 N–H and O–H groups in total. The molecule has 0 aliphatic rings. The Morgan fingerprint density at radius 2 is 1.19 bits per heavy atom. The predicted octanol–water partition coefficient (Wildman–Crippen LogP) is 9.62. The van der Waals surface area contributed by atoms with Gasteiger partial charge in [-0.2, -0.15) is 0 Å². The molecule has 0 aromatic heterocycles. The molecule has 0 rings (SSSR count). The zero-order valence-electron chi connectivity index (χ0n) is 22.4. The fourth-order valence-electron chi connectivity index (χ4n) is 3.60. The third kappa shape index (κ3) is 17.8. The molecule has 192 valence electrons. The first-order valence-electron chi connectivity index (χ1n) is 13.5. The fraction of sp³-hybridized carbons (Fsp3) is 0.963. The molecule has 0 saturated heterocycles. The van der Waals surface area contributed by atoms with E-state index in [1.807, 2.05) is 0 Å². The van der Waals surface area contributed by atoms with Crippen LogP contribution < -0.4 is 0 Å². The SMILES string of the molecule is CCCCCCCCCCCCCCCCCC(=O)OC[C@H](CI)O[Si](C)(C)C(C)(C)C. The quantitative estimate of drug-likeness (QED) is 0.0444. The molecule has 0 fully saturated rings. The lowest BCUT2D eigenvalue weighted by Gasteiger charge is -2.38. The van der Waals surface area contributed by atoms with Crippen LogP contribution in [0.3, 0.4) is 0 Å². The van der Waals surface area contributed by atoms with Gasteiger partial charge in [0.15, 0.2) is 8.32 Å². The maximum Gasteiger partial charge on any atom is 0.305 e. The molecule has 0 heterocycles. The Labute approximate surface area is 215 Å². The Morgan fingerprint density at radius 1 is 0.781 bits per heavy atom. The molecule has 0 unspecified atom stereocenters. The third-order valence-electron chi connectivity index (χ3n) is 6.85. The molecule has 0 saturated carbocycles. The minimum absolute atomic E-state index is 0.0153. The molecule has 0 aromatic carbocycles. The van der Waals surface area contributed by atoms with Crippen LogP contribution in [-0.4, -0.2) is 31.4 Å². The second-order valence-corrected chi connectivity index (χ2v) is 16.7. The van der Waals surface area contributed by atoms with Crippen molar-refractivity contribution in [2.45, 2.75) is 155 Å². The van der Waals surface area contributed by atoms with Crippen molar-refractivity contribution < 1.29 is 14.0 Å². The third-order valence-corrected chi connectivity index (χ3v) is 12.4. The van der Waals surface area contributed by atoms with Gasteiger partial charge in [-0.1, -0.05) is 140 Å². The summed E-state index contributed by atoms with van der Waals surface area (Å²) in [6, 6.07) is 0. The van der Waals surface area contributed by atoms with E-state index >= 15 is 0 Å². The molecule has 5 heteroatoms. The van der Waals surface area contributed by atoms with E-state index < -0.39 is 8.32 Å². The summed E-state index contributed by atoms with van der Waals surface area (Å²) in [5, 5.41) is 0.176. The van der Waals surface area contributed by atoms with Crippen molar-refractivity contribution in [1.82, 2.24) is 0 Å². The van der Waals surface area contributed by atoms with Gasteiger partial charge in [-0.25, -0.2) is 0 Å². The Bertz CT molecular complexity index is 449. The van der Waals surface area contributed by atoms with E-state index in [0.717, 1.165) is 17.3 Å². The molecular weight excluding hydrogens is 527 g/mol. The number of alkyl halides is 1. The Balaban J connectivity index is 3.58. The highest BCUT2D eigenvalue weighted by molar-refractivity contribution is 14.1. The van der Waals surface area contributed by atoms with Crippen molar-refractivity contribution in [2.75, 3.05) is 11.0 Å². The number of esters is 1. The van der Waals surface area contributed by atoms with Gasteiger partial charge in [0.25, 0.3) is 0 Å². The average Bonchev–Trinajstić information content (AvgIpc) is 2.73. The van der Waals surface area contributed by atoms with Crippen LogP contribution >= 0.6 is 22.6 Å². The van der Waals surface area contributed by atoms with Gasteiger partial charge in [-0.3, -0.25) is 4.79 Å². The van der Waals surface area contributed by atoms with Gasteiger partial charge in [0.05, 0.1) is 6.10 Å². The summed E-state index contributed by atoms with van der Waals surface area (Å²) >= 11 is 2.34. The number of halogens is 1. The Morgan fingerprint density at radius 3 is 1.56 bits per heavy atom. The lowest BCUT2D eigenvalue weighted by Crippen LogP contribution is -2.45. The lowest BCUT2D eigenvalue weighted by molar-refractivity contribution is -0.146. The topological polar surface area (TPSA) is 35.5 Å². The summed E-state index contributed by atoms with van der Waals surface area (Å²) < 4.78 is 12.8. The molecule has 0 aromatic rings. The van der Waals surface area contributed by atoms with Crippen LogP contribution in [-0.2, 0) is 14.0 Å². The van der Waals surface area contributed by atoms with Crippen LogP contribution in [0.5, 0.6) is 0 Å². The van der Waals surface area contributed by atoms with Crippen LogP contribution in [0.15, 0.2) is 0 Å². The second-order valence-electron chi connectivity index (χ2n) is 11.0. The maximum absolute atomic E-state index is 12.1. The zero-order valence-corrected chi connectivity index (χ0v) is 25.6. The number of rotatable bonds is 21. The number of carbonyl (C=O) groups excluding carboxylic acids is 1. The van der Waals surface area contributed by atoms with Crippen LogP contribution in [0.1, 0.15) is 130 Å².